The summed E-state index contributed by atoms with van der Waals surface area (Å²) < 4.78 is 10.5. The zero-order chi connectivity index (χ0) is 14.8. The Labute approximate surface area is 118 Å². The van der Waals surface area contributed by atoms with Gasteiger partial charge in [-0.25, -0.2) is 4.79 Å². The first-order valence-corrected chi connectivity index (χ1v) is 6.90. The Bertz CT molecular complexity index is 466. The molecular formula is C13H22N4O3. The van der Waals surface area contributed by atoms with Crippen LogP contribution in [0.25, 0.3) is 0 Å². The van der Waals surface area contributed by atoms with Crippen LogP contribution in [0.3, 0.4) is 0 Å². The first-order chi connectivity index (χ1) is 9.39. The third-order valence-corrected chi connectivity index (χ3v) is 3.11. The average Bonchev–Trinajstić information content (AvgIpc) is 2.96. The van der Waals surface area contributed by atoms with E-state index < -0.39 is 5.60 Å². The van der Waals surface area contributed by atoms with Crippen LogP contribution in [0.2, 0.25) is 0 Å². The maximum atomic E-state index is 12.1. The van der Waals surface area contributed by atoms with Gasteiger partial charge in [-0.05, 0) is 33.6 Å². The summed E-state index contributed by atoms with van der Waals surface area (Å²) in [6, 6.07) is 0.0518. The normalized spacial score (nSPS) is 19.4. The van der Waals surface area contributed by atoms with Crippen LogP contribution in [0.4, 0.5) is 4.79 Å². The average molecular weight is 282 g/mol. The molecule has 1 aliphatic heterocycles. The molecule has 1 atom stereocenters. The van der Waals surface area contributed by atoms with E-state index >= 15 is 0 Å². The van der Waals surface area contributed by atoms with E-state index in [1.807, 2.05) is 20.8 Å². The van der Waals surface area contributed by atoms with Crippen molar-refractivity contribution in [3.05, 3.63) is 11.7 Å². The van der Waals surface area contributed by atoms with Crippen molar-refractivity contribution in [2.45, 2.75) is 58.2 Å². The lowest BCUT2D eigenvalue weighted by atomic mass is 10.1. The molecule has 1 saturated heterocycles. The zero-order valence-electron chi connectivity index (χ0n) is 12.3. The highest BCUT2D eigenvalue weighted by Crippen LogP contribution is 2.23. The Kier molecular flexibility index (Phi) is 4.27. The molecule has 0 aliphatic carbocycles. The minimum Gasteiger partial charge on any atom is -0.444 e. The monoisotopic (exact) mass is 282 g/mol. The van der Waals surface area contributed by atoms with Gasteiger partial charge in [0.15, 0.2) is 5.82 Å². The van der Waals surface area contributed by atoms with Gasteiger partial charge < -0.3 is 19.9 Å². The third kappa shape index (κ3) is 3.69. The molecule has 0 saturated carbocycles. The van der Waals surface area contributed by atoms with Crippen molar-refractivity contribution >= 4 is 6.09 Å². The highest BCUT2D eigenvalue weighted by atomic mass is 16.6. The summed E-state index contributed by atoms with van der Waals surface area (Å²) in [6.45, 7) is 6.55. The minimum absolute atomic E-state index is 0.0518. The van der Waals surface area contributed by atoms with Crippen LogP contribution in [0, 0.1) is 0 Å². The zero-order valence-corrected chi connectivity index (χ0v) is 12.3. The number of hydrogen-bond donors (Lipinski definition) is 1. The number of nitrogens with two attached hydrogens (primary N) is 1. The molecule has 0 spiro atoms. The first kappa shape index (κ1) is 14.8. The van der Waals surface area contributed by atoms with Gasteiger partial charge in [0, 0.05) is 19.0 Å². The van der Waals surface area contributed by atoms with E-state index in [0.29, 0.717) is 24.7 Å². The molecule has 0 radical (unpaired) electrons. The van der Waals surface area contributed by atoms with Crippen LogP contribution in [0.15, 0.2) is 4.52 Å². The summed E-state index contributed by atoms with van der Waals surface area (Å²) in [4.78, 5) is 18.1. The summed E-state index contributed by atoms with van der Waals surface area (Å²) in [5.41, 5.74) is 4.96. The largest absolute Gasteiger partial charge is 0.444 e. The first-order valence-electron chi connectivity index (χ1n) is 6.90. The topological polar surface area (TPSA) is 94.5 Å². The highest BCUT2D eigenvalue weighted by molar-refractivity contribution is 5.69. The van der Waals surface area contributed by atoms with E-state index in [9.17, 15) is 4.79 Å². The molecule has 0 bridgehead atoms. The van der Waals surface area contributed by atoms with Gasteiger partial charge in [0.05, 0.1) is 6.54 Å². The van der Waals surface area contributed by atoms with Crippen LogP contribution >= 0.6 is 0 Å². The van der Waals surface area contributed by atoms with E-state index in [1.165, 1.54) is 0 Å². The summed E-state index contributed by atoms with van der Waals surface area (Å²) in [5, 5.41) is 3.76. The predicted octanol–water partition coefficient (Wildman–Crippen LogP) is 1.47. The Morgan fingerprint density at radius 1 is 1.55 bits per heavy atom. The molecule has 1 aromatic rings. The number of carbonyl (C=O) groups is 1. The van der Waals surface area contributed by atoms with Gasteiger partial charge in [0.2, 0.25) is 5.89 Å². The smallest absolute Gasteiger partial charge is 0.410 e. The van der Waals surface area contributed by atoms with E-state index in [0.717, 1.165) is 12.8 Å². The number of amides is 1. The van der Waals surface area contributed by atoms with E-state index in [2.05, 4.69) is 10.1 Å². The molecule has 0 unspecified atom stereocenters. The van der Waals surface area contributed by atoms with Gasteiger partial charge in [0.1, 0.15) is 5.60 Å². The second-order valence-corrected chi connectivity index (χ2v) is 5.98. The van der Waals surface area contributed by atoms with Crippen molar-refractivity contribution in [1.82, 2.24) is 15.0 Å². The summed E-state index contributed by atoms with van der Waals surface area (Å²) in [7, 11) is 0. The fourth-order valence-corrected chi connectivity index (χ4v) is 2.27. The van der Waals surface area contributed by atoms with Gasteiger partial charge in [-0.15, -0.1) is 0 Å². The quantitative estimate of drug-likeness (QED) is 0.902. The van der Waals surface area contributed by atoms with E-state index in [4.69, 9.17) is 15.0 Å². The number of rotatable bonds is 3. The van der Waals surface area contributed by atoms with Gasteiger partial charge in [-0.1, -0.05) is 5.16 Å². The second kappa shape index (κ2) is 5.78. The van der Waals surface area contributed by atoms with Crippen molar-refractivity contribution in [3.8, 4) is 0 Å². The van der Waals surface area contributed by atoms with Crippen molar-refractivity contribution in [1.29, 1.82) is 0 Å². The van der Waals surface area contributed by atoms with Gasteiger partial charge >= 0.3 is 6.09 Å². The molecule has 112 valence electrons. The molecule has 2 N–H and O–H groups in total. The molecular weight excluding hydrogens is 260 g/mol. The lowest BCUT2D eigenvalue weighted by molar-refractivity contribution is 0.0222. The molecule has 20 heavy (non-hydrogen) atoms. The maximum Gasteiger partial charge on any atom is 0.410 e. The molecule has 2 heterocycles. The maximum absolute atomic E-state index is 12.1. The number of carbonyl (C=O) groups excluding carboxylic acids is 1. The van der Waals surface area contributed by atoms with Crippen molar-refractivity contribution in [3.63, 3.8) is 0 Å². The van der Waals surface area contributed by atoms with Crippen molar-refractivity contribution < 1.29 is 14.1 Å². The number of aromatic nitrogens is 2. The van der Waals surface area contributed by atoms with Gasteiger partial charge in [-0.3, -0.25) is 0 Å². The molecule has 1 aliphatic rings. The van der Waals surface area contributed by atoms with Crippen LogP contribution in [-0.2, 0) is 17.7 Å². The second-order valence-electron chi connectivity index (χ2n) is 5.98. The third-order valence-electron chi connectivity index (χ3n) is 3.11. The van der Waals surface area contributed by atoms with Crippen molar-refractivity contribution in [2.24, 2.45) is 5.73 Å². The number of hydrogen-bond acceptors (Lipinski definition) is 6. The molecule has 1 aromatic heterocycles. The Balaban J connectivity index is 1.98. The molecule has 0 aromatic carbocycles. The van der Waals surface area contributed by atoms with Crippen LogP contribution in [0.5, 0.6) is 0 Å². The summed E-state index contributed by atoms with van der Waals surface area (Å²) in [6.07, 6.45) is 2.15. The number of nitrogens with zero attached hydrogens (tertiary/aromatic N) is 3. The lowest BCUT2D eigenvalue weighted by Gasteiger charge is -2.28. The number of ether oxygens (including phenoxy) is 1. The van der Waals surface area contributed by atoms with Gasteiger partial charge in [-0.2, -0.15) is 4.98 Å². The SMILES string of the molecule is CC(C)(C)OC(=O)N1CCC[C@@H]1Cc1nc(CN)no1. The van der Waals surface area contributed by atoms with Crippen LogP contribution < -0.4 is 5.73 Å². The Morgan fingerprint density at radius 3 is 2.90 bits per heavy atom. The highest BCUT2D eigenvalue weighted by Gasteiger charge is 2.33. The van der Waals surface area contributed by atoms with Crippen molar-refractivity contribution in [2.75, 3.05) is 6.54 Å². The van der Waals surface area contributed by atoms with Crippen LogP contribution in [-0.4, -0.2) is 39.3 Å². The van der Waals surface area contributed by atoms with Gasteiger partial charge in [0.25, 0.3) is 0 Å². The van der Waals surface area contributed by atoms with E-state index in [1.54, 1.807) is 4.90 Å². The standard InChI is InChI=1S/C13H22N4O3/c1-13(2,3)19-12(18)17-6-4-5-9(17)7-11-15-10(8-14)16-20-11/h9H,4-8,14H2,1-3H3/t9-/m1/s1. The number of likely N-dealkylation sites (tertiary alicyclic amines) is 1. The molecule has 1 amide bonds. The van der Waals surface area contributed by atoms with Crippen LogP contribution in [0.1, 0.15) is 45.3 Å². The Hall–Kier alpha value is -1.63. The molecule has 7 nitrogen and oxygen atoms in total. The Morgan fingerprint density at radius 2 is 2.30 bits per heavy atom. The summed E-state index contributed by atoms with van der Waals surface area (Å²) >= 11 is 0. The predicted molar refractivity (Wildman–Crippen MR) is 71.9 cm³/mol. The fourth-order valence-electron chi connectivity index (χ4n) is 2.27. The lowest BCUT2D eigenvalue weighted by Crippen LogP contribution is -2.40. The van der Waals surface area contributed by atoms with E-state index in [-0.39, 0.29) is 18.7 Å². The minimum atomic E-state index is -0.485. The molecule has 1 fully saturated rings. The molecule has 7 heteroatoms. The summed E-state index contributed by atoms with van der Waals surface area (Å²) in [5.74, 6) is 1.01. The molecule has 2 rings (SSSR count). The fraction of sp³-hybridized carbons (Fsp3) is 0.769.